The summed E-state index contributed by atoms with van der Waals surface area (Å²) in [5, 5.41) is 2.76. The Morgan fingerprint density at radius 2 is 2.00 bits per heavy atom. The maximum Gasteiger partial charge on any atom is 0.248 e. The molecule has 0 spiro atoms. The summed E-state index contributed by atoms with van der Waals surface area (Å²) in [5.74, 6) is 0.230. The minimum Gasteiger partial charge on any atom is -0.453 e. The fourth-order valence-corrected chi connectivity index (χ4v) is 2.70. The van der Waals surface area contributed by atoms with Crippen molar-refractivity contribution < 1.29 is 18.3 Å². The fourth-order valence-electron chi connectivity index (χ4n) is 2.70. The van der Waals surface area contributed by atoms with Crippen molar-refractivity contribution in [1.82, 2.24) is 9.97 Å². The highest BCUT2D eigenvalue weighted by molar-refractivity contribution is 6.02. The number of benzene rings is 2. The molecule has 4 aromatic rings. The number of hydrogen-bond donors (Lipinski definition) is 1. The van der Waals surface area contributed by atoms with Crippen LogP contribution in [0.2, 0.25) is 0 Å². The van der Waals surface area contributed by atoms with E-state index in [4.69, 9.17) is 9.15 Å². The molecule has 4 rings (SSSR count). The van der Waals surface area contributed by atoms with Gasteiger partial charge < -0.3 is 14.5 Å². The monoisotopic (exact) mass is 401 g/mol. The number of aromatic nitrogens is 2. The first kappa shape index (κ1) is 19.1. The molecular formula is C23H16FN3O3. The Kier molecular flexibility index (Phi) is 5.61. The van der Waals surface area contributed by atoms with E-state index in [1.165, 1.54) is 36.9 Å². The molecule has 0 atom stereocenters. The molecular weight excluding hydrogens is 385 g/mol. The predicted octanol–water partition coefficient (Wildman–Crippen LogP) is 5.32. The van der Waals surface area contributed by atoms with Crippen molar-refractivity contribution in [1.29, 1.82) is 0 Å². The summed E-state index contributed by atoms with van der Waals surface area (Å²) < 4.78 is 25.0. The number of halogens is 1. The largest absolute Gasteiger partial charge is 0.453 e. The van der Waals surface area contributed by atoms with Gasteiger partial charge in [-0.15, -0.1) is 0 Å². The van der Waals surface area contributed by atoms with Gasteiger partial charge in [0.1, 0.15) is 5.75 Å². The van der Waals surface area contributed by atoms with E-state index in [1.54, 1.807) is 48.8 Å². The number of ether oxygens (including phenoxy) is 1. The molecule has 0 aliphatic carbocycles. The minimum absolute atomic E-state index is 0.0776. The molecule has 2 heterocycles. The highest BCUT2D eigenvalue weighted by Crippen LogP contribution is 2.25. The van der Waals surface area contributed by atoms with Gasteiger partial charge >= 0.3 is 0 Å². The number of rotatable bonds is 6. The Morgan fingerprint density at radius 3 is 2.77 bits per heavy atom. The lowest BCUT2D eigenvalue weighted by molar-refractivity contribution is -0.111. The summed E-state index contributed by atoms with van der Waals surface area (Å²) in [6.45, 7) is 0. The zero-order chi connectivity index (χ0) is 20.8. The average Bonchev–Trinajstić information content (AvgIpc) is 3.30. The number of oxazole rings is 1. The summed E-state index contributed by atoms with van der Waals surface area (Å²) in [7, 11) is 0. The molecule has 0 bridgehead atoms. The van der Waals surface area contributed by atoms with Crippen LogP contribution in [0.25, 0.3) is 17.4 Å². The number of carbonyl (C=O) groups is 1. The Labute approximate surface area is 171 Å². The van der Waals surface area contributed by atoms with Crippen molar-refractivity contribution in [3.63, 3.8) is 0 Å². The van der Waals surface area contributed by atoms with Crippen molar-refractivity contribution in [3.8, 4) is 22.8 Å². The van der Waals surface area contributed by atoms with Crippen LogP contribution >= 0.6 is 0 Å². The third-order valence-corrected chi connectivity index (χ3v) is 4.09. The third-order valence-electron chi connectivity index (χ3n) is 4.09. The summed E-state index contributed by atoms with van der Waals surface area (Å²) in [5.41, 5.74) is 1.92. The SMILES string of the molecule is O=C(/C=C/c1ccc(Oc2cccnc2)c(F)c1)Nc1cccc(-c2cnco2)c1. The molecule has 0 saturated heterocycles. The van der Waals surface area contributed by atoms with Gasteiger partial charge in [0.05, 0.1) is 12.4 Å². The van der Waals surface area contributed by atoms with Crippen molar-refractivity contribution in [3.05, 3.63) is 97.0 Å². The van der Waals surface area contributed by atoms with E-state index in [0.717, 1.165) is 5.56 Å². The van der Waals surface area contributed by atoms with Crippen LogP contribution in [0.4, 0.5) is 10.1 Å². The van der Waals surface area contributed by atoms with Crippen LogP contribution in [0, 0.1) is 5.82 Å². The average molecular weight is 401 g/mol. The Balaban J connectivity index is 1.40. The van der Waals surface area contributed by atoms with Gasteiger partial charge in [-0.25, -0.2) is 9.37 Å². The van der Waals surface area contributed by atoms with Crippen LogP contribution in [0.3, 0.4) is 0 Å². The van der Waals surface area contributed by atoms with Gasteiger partial charge in [0.2, 0.25) is 5.91 Å². The van der Waals surface area contributed by atoms with Crippen molar-refractivity contribution in [2.75, 3.05) is 5.32 Å². The number of nitrogens with one attached hydrogen (secondary N) is 1. The van der Waals surface area contributed by atoms with Gasteiger partial charge in [-0.2, -0.15) is 0 Å². The van der Waals surface area contributed by atoms with Crippen molar-refractivity contribution in [2.24, 2.45) is 0 Å². The first-order valence-electron chi connectivity index (χ1n) is 9.03. The number of nitrogens with zero attached hydrogens (tertiary/aromatic N) is 2. The van der Waals surface area contributed by atoms with Gasteiger partial charge in [-0.3, -0.25) is 9.78 Å². The molecule has 1 N–H and O–H groups in total. The molecule has 7 heteroatoms. The molecule has 0 fully saturated rings. The van der Waals surface area contributed by atoms with Crippen molar-refractivity contribution >= 4 is 17.7 Å². The molecule has 30 heavy (non-hydrogen) atoms. The highest BCUT2D eigenvalue weighted by atomic mass is 19.1. The van der Waals surface area contributed by atoms with Crippen molar-refractivity contribution in [2.45, 2.75) is 0 Å². The maximum absolute atomic E-state index is 14.3. The van der Waals surface area contributed by atoms with Gasteiger partial charge in [0.25, 0.3) is 0 Å². The van der Waals surface area contributed by atoms with Gasteiger partial charge in [0, 0.05) is 23.5 Å². The number of hydrogen-bond acceptors (Lipinski definition) is 5. The van der Waals surface area contributed by atoms with E-state index in [2.05, 4.69) is 15.3 Å². The van der Waals surface area contributed by atoms with Crippen LogP contribution in [0.5, 0.6) is 11.5 Å². The lowest BCUT2D eigenvalue weighted by Crippen LogP contribution is -2.07. The maximum atomic E-state index is 14.3. The molecule has 2 aromatic heterocycles. The van der Waals surface area contributed by atoms with Gasteiger partial charge in [0.15, 0.2) is 23.7 Å². The molecule has 0 radical (unpaired) electrons. The second-order valence-electron chi connectivity index (χ2n) is 6.25. The number of amides is 1. The first-order valence-corrected chi connectivity index (χ1v) is 9.03. The normalized spacial score (nSPS) is 10.8. The lowest BCUT2D eigenvalue weighted by Gasteiger charge is -2.07. The minimum atomic E-state index is -0.541. The summed E-state index contributed by atoms with van der Waals surface area (Å²) >= 11 is 0. The molecule has 1 amide bonds. The van der Waals surface area contributed by atoms with E-state index in [9.17, 15) is 9.18 Å². The van der Waals surface area contributed by atoms with Crippen LogP contribution in [0.15, 0.2) is 90.1 Å². The highest BCUT2D eigenvalue weighted by Gasteiger charge is 2.07. The molecule has 6 nitrogen and oxygen atoms in total. The first-order chi connectivity index (χ1) is 14.7. The molecule has 0 saturated carbocycles. The number of anilines is 1. The topological polar surface area (TPSA) is 77.2 Å². The van der Waals surface area contributed by atoms with Gasteiger partial charge in [-0.05, 0) is 48.0 Å². The van der Waals surface area contributed by atoms with Crippen LogP contribution in [0.1, 0.15) is 5.56 Å². The Bertz CT molecular complexity index is 1180. The summed E-state index contributed by atoms with van der Waals surface area (Å²) in [4.78, 5) is 20.0. The quantitative estimate of drug-likeness (QED) is 0.443. The molecule has 0 aliphatic heterocycles. The fraction of sp³-hybridized carbons (Fsp3) is 0. The van der Waals surface area contributed by atoms with E-state index in [-0.39, 0.29) is 11.7 Å². The summed E-state index contributed by atoms with van der Waals surface area (Å²) in [6, 6.07) is 15.0. The predicted molar refractivity (Wildman–Crippen MR) is 110 cm³/mol. The molecule has 148 valence electrons. The second kappa shape index (κ2) is 8.83. The summed E-state index contributed by atoms with van der Waals surface area (Å²) in [6.07, 6.45) is 8.89. The lowest BCUT2D eigenvalue weighted by atomic mass is 10.1. The number of pyridine rings is 1. The Morgan fingerprint density at radius 1 is 1.07 bits per heavy atom. The zero-order valence-corrected chi connectivity index (χ0v) is 15.7. The Hall–Kier alpha value is -4.26. The third kappa shape index (κ3) is 4.77. The van der Waals surface area contributed by atoms with Gasteiger partial charge in [-0.1, -0.05) is 18.2 Å². The van der Waals surface area contributed by atoms with E-state index in [1.807, 2.05) is 6.07 Å². The second-order valence-corrected chi connectivity index (χ2v) is 6.25. The number of carbonyl (C=O) groups excluding carboxylic acids is 1. The van der Waals surface area contributed by atoms with Crippen LogP contribution < -0.4 is 10.1 Å². The van der Waals surface area contributed by atoms with E-state index in [0.29, 0.717) is 22.8 Å². The smallest absolute Gasteiger partial charge is 0.248 e. The van der Waals surface area contributed by atoms with E-state index >= 15 is 0 Å². The molecule has 2 aromatic carbocycles. The van der Waals surface area contributed by atoms with Crippen LogP contribution in [-0.2, 0) is 4.79 Å². The zero-order valence-electron chi connectivity index (χ0n) is 15.7. The standard InChI is InChI=1S/C23H16FN3O3/c24-20-11-16(6-8-21(20)30-19-5-2-10-25-13-19)7-9-23(28)27-18-4-1-3-17(12-18)22-14-26-15-29-22/h1-15H,(H,27,28)/b9-7+. The molecule has 0 aliphatic rings. The van der Waals surface area contributed by atoms with Crippen LogP contribution in [-0.4, -0.2) is 15.9 Å². The van der Waals surface area contributed by atoms with E-state index < -0.39 is 5.82 Å². The molecule has 0 unspecified atom stereocenters.